The topological polar surface area (TPSA) is 67.2 Å². The van der Waals surface area contributed by atoms with E-state index in [1.807, 2.05) is 47.9 Å². The van der Waals surface area contributed by atoms with Crippen LogP contribution in [0.5, 0.6) is 0 Å². The van der Waals surface area contributed by atoms with E-state index in [4.69, 9.17) is 11.6 Å². The van der Waals surface area contributed by atoms with Gasteiger partial charge in [-0.3, -0.25) is 9.59 Å². The summed E-state index contributed by atoms with van der Waals surface area (Å²) in [6, 6.07) is 15.3. The lowest BCUT2D eigenvalue weighted by Gasteiger charge is -2.44. The summed E-state index contributed by atoms with van der Waals surface area (Å²) in [6.07, 6.45) is 5.46. The van der Waals surface area contributed by atoms with E-state index in [1.54, 1.807) is 17.0 Å². The van der Waals surface area contributed by atoms with Gasteiger partial charge in [0.2, 0.25) is 5.91 Å². The number of carbonyl (C=O) groups is 2. The first-order valence-electron chi connectivity index (χ1n) is 11.3. The number of halogens is 1. The summed E-state index contributed by atoms with van der Waals surface area (Å²) in [5.41, 5.74) is 1.52. The van der Waals surface area contributed by atoms with E-state index in [2.05, 4.69) is 10.3 Å². The van der Waals surface area contributed by atoms with Gasteiger partial charge < -0.3 is 14.8 Å². The number of nitrogens with one attached hydrogen (secondary N) is 1. The van der Waals surface area contributed by atoms with Gasteiger partial charge in [-0.25, -0.2) is 4.98 Å². The average Bonchev–Trinajstić information content (AvgIpc) is 3.17. The lowest BCUT2D eigenvalue weighted by molar-refractivity contribution is -0.134. The van der Waals surface area contributed by atoms with Gasteiger partial charge in [0.1, 0.15) is 5.54 Å². The van der Waals surface area contributed by atoms with E-state index in [0.717, 1.165) is 42.3 Å². The minimum absolute atomic E-state index is 0.102. The SMILES string of the molecule is C[C@@]1(C(=O)NC2CCCCC2)Cn2c(nc3ccccc32)C(=O)N1Cc1ccc(Cl)cc1. The smallest absolute Gasteiger partial charge is 0.291 e. The van der Waals surface area contributed by atoms with Gasteiger partial charge in [0, 0.05) is 17.6 Å². The number of imidazole rings is 1. The van der Waals surface area contributed by atoms with Crippen LogP contribution in [0, 0.1) is 0 Å². The number of hydrogen-bond donors (Lipinski definition) is 1. The van der Waals surface area contributed by atoms with Crippen molar-refractivity contribution in [3.63, 3.8) is 0 Å². The molecule has 1 fully saturated rings. The molecule has 0 bridgehead atoms. The molecule has 2 aromatic carbocycles. The van der Waals surface area contributed by atoms with Gasteiger partial charge >= 0.3 is 0 Å². The fourth-order valence-corrected chi connectivity index (χ4v) is 5.06. The molecule has 2 aliphatic rings. The molecule has 1 saturated carbocycles. The summed E-state index contributed by atoms with van der Waals surface area (Å²) in [6.45, 7) is 2.55. The Hall–Kier alpha value is -2.86. The van der Waals surface area contributed by atoms with Crippen LogP contribution in [0.4, 0.5) is 0 Å². The molecule has 1 N–H and O–H groups in total. The number of fused-ring (bicyclic) bond motifs is 3. The predicted octanol–water partition coefficient (Wildman–Crippen LogP) is 4.55. The Kier molecular flexibility index (Phi) is 5.41. The molecule has 6 nitrogen and oxygen atoms in total. The van der Waals surface area contributed by atoms with Crippen molar-refractivity contribution in [1.29, 1.82) is 0 Å². The molecule has 5 rings (SSSR count). The van der Waals surface area contributed by atoms with Crippen LogP contribution in [0.1, 0.15) is 55.2 Å². The minimum atomic E-state index is -1.04. The molecule has 3 aromatic rings. The standard InChI is InChI=1S/C25H27ClN4O2/c1-25(24(32)27-19-7-3-2-4-8-19)16-29-21-10-6-5-9-20(21)28-22(29)23(31)30(25)15-17-11-13-18(26)14-12-17/h5-6,9-14,19H,2-4,7-8,15-16H2,1H3,(H,27,32)/t25-/m0/s1. The fraction of sp³-hybridized carbons (Fsp3) is 0.400. The highest BCUT2D eigenvalue weighted by Crippen LogP contribution is 2.32. The largest absolute Gasteiger partial charge is 0.351 e. The zero-order valence-corrected chi connectivity index (χ0v) is 18.9. The lowest BCUT2D eigenvalue weighted by atomic mass is 9.91. The second-order valence-electron chi connectivity index (χ2n) is 9.11. The molecule has 1 aliphatic heterocycles. The first-order chi connectivity index (χ1) is 15.5. The third-order valence-corrected chi connectivity index (χ3v) is 7.09. The zero-order chi connectivity index (χ0) is 22.3. The Morgan fingerprint density at radius 2 is 1.84 bits per heavy atom. The fourth-order valence-electron chi connectivity index (χ4n) is 4.94. The Labute approximate surface area is 192 Å². The second-order valence-corrected chi connectivity index (χ2v) is 9.55. The van der Waals surface area contributed by atoms with Crippen molar-refractivity contribution in [1.82, 2.24) is 19.8 Å². The normalized spacial score (nSPS) is 21.6. The quantitative estimate of drug-likeness (QED) is 0.633. The summed E-state index contributed by atoms with van der Waals surface area (Å²) in [5.74, 6) is 0.0435. The van der Waals surface area contributed by atoms with E-state index >= 15 is 0 Å². The van der Waals surface area contributed by atoms with Crippen LogP contribution in [-0.2, 0) is 17.9 Å². The first-order valence-corrected chi connectivity index (χ1v) is 11.7. The summed E-state index contributed by atoms with van der Waals surface area (Å²) in [4.78, 5) is 33.7. The molecule has 166 valence electrons. The highest BCUT2D eigenvalue weighted by atomic mass is 35.5. The van der Waals surface area contributed by atoms with Crippen molar-refractivity contribution in [2.24, 2.45) is 0 Å². The summed E-state index contributed by atoms with van der Waals surface area (Å²) < 4.78 is 1.90. The number of carbonyl (C=O) groups excluding carboxylic acids is 2. The number of amides is 2. The Bertz CT molecular complexity index is 1170. The van der Waals surface area contributed by atoms with E-state index in [9.17, 15) is 9.59 Å². The maximum Gasteiger partial charge on any atom is 0.291 e. The van der Waals surface area contributed by atoms with Gasteiger partial charge in [-0.2, -0.15) is 0 Å². The van der Waals surface area contributed by atoms with Crippen molar-refractivity contribution in [2.75, 3.05) is 0 Å². The zero-order valence-electron chi connectivity index (χ0n) is 18.2. The van der Waals surface area contributed by atoms with E-state index in [-0.39, 0.29) is 17.9 Å². The molecule has 1 atom stereocenters. The van der Waals surface area contributed by atoms with Crippen molar-refractivity contribution in [2.45, 2.75) is 63.7 Å². The van der Waals surface area contributed by atoms with Crippen LogP contribution in [0.25, 0.3) is 11.0 Å². The number of rotatable bonds is 4. The Morgan fingerprint density at radius 3 is 2.59 bits per heavy atom. The van der Waals surface area contributed by atoms with Crippen molar-refractivity contribution in [3.8, 4) is 0 Å². The van der Waals surface area contributed by atoms with Crippen LogP contribution in [0.15, 0.2) is 48.5 Å². The molecule has 0 unspecified atom stereocenters. The van der Waals surface area contributed by atoms with Gasteiger partial charge in [-0.15, -0.1) is 0 Å². The predicted molar refractivity (Wildman–Crippen MR) is 124 cm³/mol. The van der Waals surface area contributed by atoms with E-state index < -0.39 is 5.54 Å². The van der Waals surface area contributed by atoms with Gasteiger partial charge in [-0.05, 0) is 49.6 Å². The highest BCUT2D eigenvalue weighted by Gasteiger charge is 2.48. The van der Waals surface area contributed by atoms with Crippen LogP contribution >= 0.6 is 11.6 Å². The maximum atomic E-state index is 13.7. The van der Waals surface area contributed by atoms with Gasteiger partial charge in [0.05, 0.1) is 17.6 Å². The van der Waals surface area contributed by atoms with Crippen molar-refractivity contribution < 1.29 is 9.59 Å². The second kappa shape index (κ2) is 8.24. The molecule has 2 amide bonds. The molecule has 0 saturated heterocycles. The molecular formula is C25H27ClN4O2. The summed E-state index contributed by atoms with van der Waals surface area (Å²) in [5, 5.41) is 3.90. The van der Waals surface area contributed by atoms with Gasteiger partial charge in [0.25, 0.3) is 5.91 Å². The van der Waals surface area contributed by atoms with Crippen molar-refractivity contribution in [3.05, 3.63) is 64.9 Å². The average molecular weight is 451 g/mol. The third kappa shape index (κ3) is 3.66. The molecule has 0 spiro atoms. The summed E-state index contributed by atoms with van der Waals surface area (Å²) >= 11 is 6.05. The maximum absolute atomic E-state index is 13.7. The summed E-state index contributed by atoms with van der Waals surface area (Å²) in [7, 11) is 0. The number of hydrogen-bond acceptors (Lipinski definition) is 3. The monoisotopic (exact) mass is 450 g/mol. The van der Waals surface area contributed by atoms with Gasteiger partial charge in [-0.1, -0.05) is 55.1 Å². The molecule has 0 radical (unpaired) electrons. The van der Waals surface area contributed by atoms with E-state index in [0.29, 0.717) is 23.9 Å². The molecule has 2 heterocycles. The van der Waals surface area contributed by atoms with Crippen LogP contribution < -0.4 is 5.32 Å². The molecule has 7 heteroatoms. The first kappa shape index (κ1) is 21.0. The Morgan fingerprint density at radius 1 is 1.12 bits per heavy atom. The molecular weight excluding hydrogens is 424 g/mol. The third-order valence-electron chi connectivity index (χ3n) is 6.84. The van der Waals surface area contributed by atoms with Gasteiger partial charge in [0.15, 0.2) is 5.82 Å². The highest BCUT2D eigenvalue weighted by molar-refractivity contribution is 6.30. The van der Waals surface area contributed by atoms with Crippen LogP contribution in [0.2, 0.25) is 5.02 Å². The van der Waals surface area contributed by atoms with Crippen molar-refractivity contribution >= 4 is 34.4 Å². The van der Waals surface area contributed by atoms with E-state index in [1.165, 1.54) is 6.42 Å². The molecule has 1 aliphatic carbocycles. The number of benzene rings is 2. The minimum Gasteiger partial charge on any atom is -0.351 e. The molecule has 32 heavy (non-hydrogen) atoms. The van der Waals surface area contributed by atoms with Crippen LogP contribution in [0.3, 0.4) is 0 Å². The molecule has 1 aromatic heterocycles. The van der Waals surface area contributed by atoms with Crippen LogP contribution in [-0.4, -0.2) is 37.8 Å². The Balaban J connectivity index is 1.54. The number of aromatic nitrogens is 2. The number of nitrogens with zero attached hydrogens (tertiary/aromatic N) is 3. The number of para-hydroxylation sites is 2. The lowest BCUT2D eigenvalue weighted by Crippen LogP contribution is -2.64.